The van der Waals surface area contributed by atoms with E-state index in [2.05, 4.69) is 5.32 Å². The van der Waals surface area contributed by atoms with Gasteiger partial charge in [0.2, 0.25) is 11.8 Å². The minimum Gasteiger partial charge on any atom is -0.315 e. The first-order valence-electron chi connectivity index (χ1n) is 7.04. The van der Waals surface area contributed by atoms with Gasteiger partial charge in [0, 0.05) is 25.7 Å². The van der Waals surface area contributed by atoms with Gasteiger partial charge in [-0.2, -0.15) is 0 Å². The molecule has 0 spiro atoms. The van der Waals surface area contributed by atoms with Crippen molar-refractivity contribution in [2.75, 3.05) is 18.5 Å². The van der Waals surface area contributed by atoms with Crippen LogP contribution in [0.4, 0.5) is 10.5 Å². The number of hydrogen-bond acceptors (Lipinski definition) is 3. The maximum absolute atomic E-state index is 12.6. The number of amides is 4. The van der Waals surface area contributed by atoms with Gasteiger partial charge in [-0.3, -0.25) is 19.8 Å². The molecular formula is C15H17N3O3. The molecule has 6 heteroatoms. The van der Waals surface area contributed by atoms with E-state index in [1.165, 1.54) is 4.90 Å². The van der Waals surface area contributed by atoms with Crippen molar-refractivity contribution in [1.82, 2.24) is 10.2 Å². The van der Waals surface area contributed by atoms with E-state index < -0.39 is 11.9 Å². The van der Waals surface area contributed by atoms with Gasteiger partial charge in [-0.25, -0.2) is 4.79 Å². The molecule has 3 rings (SSSR count). The fraction of sp³-hybridized carbons (Fsp3) is 0.400. The third kappa shape index (κ3) is 2.37. The van der Waals surface area contributed by atoms with Crippen LogP contribution in [0.1, 0.15) is 18.4 Å². The summed E-state index contributed by atoms with van der Waals surface area (Å²) in [6.07, 6.45) is 1.47. The van der Waals surface area contributed by atoms with Crippen molar-refractivity contribution in [2.45, 2.75) is 25.3 Å². The number of nitrogens with one attached hydrogen (secondary N) is 1. The summed E-state index contributed by atoms with van der Waals surface area (Å²) in [5.74, 6) is -0.668. The molecule has 0 bridgehead atoms. The molecule has 0 saturated carbocycles. The Labute approximate surface area is 122 Å². The molecule has 2 aliphatic heterocycles. The lowest BCUT2D eigenvalue weighted by molar-refractivity contribution is -0.136. The van der Waals surface area contributed by atoms with Crippen molar-refractivity contribution in [1.29, 1.82) is 0 Å². The van der Waals surface area contributed by atoms with Crippen LogP contribution in [-0.4, -0.2) is 42.4 Å². The van der Waals surface area contributed by atoms with Gasteiger partial charge in [-0.05, 0) is 24.5 Å². The Morgan fingerprint density at radius 2 is 2.05 bits per heavy atom. The Balaban J connectivity index is 1.77. The minimum absolute atomic E-state index is 0.200. The molecule has 110 valence electrons. The summed E-state index contributed by atoms with van der Waals surface area (Å²) in [7, 11) is 1.61. The molecule has 0 aromatic heterocycles. The van der Waals surface area contributed by atoms with Gasteiger partial charge in [-0.1, -0.05) is 18.2 Å². The number of rotatable bonds is 1. The SMILES string of the molecule is CN(C(=O)N1CCc2ccccc21)C1CCC(=O)NC1=O. The van der Waals surface area contributed by atoms with E-state index in [1.54, 1.807) is 11.9 Å². The molecule has 6 nitrogen and oxygen atoms in total. The first-order valence-corrected chi connectivity index (χ1v) is 7.04. The maximum Gasteiger partial charge on any atom is 0.324 e. The average Bonchev–Trinajstić information content (AvgIpc) is 2.90. The second-order valence-electron chi connectivity index (χ2n) is 5.39. The van der Waals surface area contributed by atoms with Crippen molar-refractivity contribution in [3.63, 3.8) is 0 Å². The number of imide groups is 1. The number of benzene rings is 1. The highest BCUT2D eigenvalue weighted by Gasteiger charge is 2.35. The average molecular weight is 287 g/mol. The highest BCUT2D eigenvalue weighted by atomic mass is 16.2. The van der Waals surface area contributed by atoms with Crippen LogP contribution in [0, 0.1) is 0 Å². The zero-order chi connectivity index (χ0) is 15.0. The number of likely N-dealkylation sites (N-methyl/N-ethyl adjacent to an activating group) is 1. The van der Waals surface area contributed by atoms with Crippen molar-refractivity contribution < 1.29 is 14.4 Å². The summed E-state index contributed by atoms with van der Waals surface area (Å²) in [5, 5.41) is 2.28. The summed E-state index contributed by atoms with van der Waals surface area (Å²) in [6.45, 7) is 0.621. The molecule has 1 unspecified atom stereocenters. The lowest BCUT2D eigenvalue weighted by Gasteiger charge is -2.32. The van der Waals surface area contributed by atoms with Crippen molar-refractivity contribution >= 4 is 23.5 Å². The third-order valence-corrected chi connectivity index (χ3v) is 4.10. The number of para-hydroxylation sites is 1. The predicted octanol–water partition coefficient (Wildman–Crippen LogP) is 0.906. The fourth-order valence-corrected chi connectivity index (χ4v) is 2.91. The van der Waals surface area contributed by atoms with Crippen LogP contribution in [0.15, 0.2) is 24.3 Å². The summed E-state index contributed by atoms with van der Waals surface area (Å²) in [4.78, 5) is 38.8. The van der Waals surface area contributed by atoms with Crippen molar-refractivity contribution in [2.24, 2.45) is 0 Å². The molecule has 1 saturated heterocycles. The van der Waals surface area contributed by atoms with E-state index >= 15 is 0 Å². The first-order chi connectivity index (χ1) is 10.1. The molecule has 1 atom stereocenters. The quantitative estimate of drug-likeness (QED) is 0.780. The highest BCUT2D eigenvalue weighted by molar-refractivity contribution is 6.03. The minimum atomic E-state index is -0.581. The number of nitrogens with zero attached hydrogens (tertiary/aromatic N) is 2. The number of urea groups is 1. The third-order valence-electron chi connectivity index (χ3n) is 4.10. The zero-order valence-electron chi connectivity index (χ0n) is 11.8. The van der Waals surface area contributed by atoms with Crippen LogP contribution in [0.25, 0.3) is 0 Å². The summed E-state index contributed by atoms with van der Waals surface area (Å²) >= 11 is 0. The maximum atomic E-state index is 12.6. The summed E-state index contributed by atoms with van der Waals surface area (Å²) in [6, 6.07) is 7.00. The van der Waals surface area contributed by atoms with Gasteiger partial charge in [0.15, 0.2) is 0 Å². The molecule has 21 heavy (non-hydrogen) atoms. The van der Waals surface area contributed by atoms with E-state index in [-0.39, 0.29) is 18.4 Å². The molecule has 0 aliphatic carbocycles. The van der Waals surface area contributed by atoms with Crippen LogP contribution in [0.2, 0.25) is 0 Å². The molecule has 1 N–H and O–H groups in total. The molecule has 2 aliphatic rings. The number of fused-ring (bicyclic) bond motifs is 1. The Morgan fingerprint density at radius 1 is 1.29 bits per heavy atom. The predicted molar refractivity (Wildman–Crippen MR) is 76.8 cm³/mol. The molecule has 1 fully saturated rings. The molecular weight excluding hydrogens is 270 g/mol. The zero-order valence-corrected chi connectivity index (χ0v) is 11.8. The number of carbonyl (C=O) groups is 3. The standard InChI is InChI=1S/C15H17N3O3/c1-17(12-6-7-13(19)16-14(12)20)15(21)18-9-8-10-4-2-3-5-11(10)18/h2-5,12H,6-9H2,1H3,(H,16,19,20). The summed E-state index contributed by atoms with van der Waals surface area (Å²) < 4.78 is 0. The van der Waals surface area contributed by atoms with Gasteiger partial charge in [-0.15, -0.1) is 0 Å². The van der Waals surface area contributed by atoms with E-state index in [1.807, 2.05) is 24.3 Å². The Hall–Kier alpha value is -2.37. The molecule has 1 aromatic carbocycles. The van der Waals surface area contributed by atoms with Gasteiger partial charge in [0.05, 0.1) is 0 Å². The molecule has 2 heterocycles. The molecule has 1 aromatic rings. The van der Waals surface area contributed by atoms with Crippen LogP contribution in [0.5, 0.6) is 0 Å². The van der Waals surface area contributed by atoms with Gasteiger partial charge in [0.25, 0.3) is 0 Å². The van der Waals surface area contributed by atoms with Crippen LogP contribution in [0.3, 0.4) is 0 Å². The number of carbonyl (C=O) groups excluding carboxylic acids is 3. The second kappa shape index (κ2) is 5.20. The topological polar surface area (TPSA) is 69.7 Å². The second-order valence-corrected chi connectivity index (χ2v) is 5.39. The normalized spacial score (nSPS) is 21.0. The summed E-state index contributed by atoms with van der Waals surface area (Å²) in [5.41, 5.74) is 2.05. The van der Waals surface area contributed by atoms with Crippen molar-refractivity contribution in [3.8, 4) is 0 Å². The van der Waals surface area contributed by atoms with E-state index in [9.17, 15) is 14.4 Å². The van der Waals surface area contributed by atoms with Crippen LogP contribution in [-0.2, 0) is 16.0 Å². The van der Waals surface area contributed by atoms with Crippen LogP contribution >= 0.6 is 0 Å². The van der Waals surface area contributed by atoms with Crippen LogP contribution < -0.4 is 10.2 Å². The van der Waals surface area contributed by atoms with E-state index in [4.69, 9.17) is 0 Å². The van der Waals surface area contributed by atoms with E-state index in [0.717, 1.165) is 17.7 Å². The lowest BCUT2D eigenvalue weighted by Crippen LogP contribution is -2.55. The Kier molecular flexibility index (Phi) is 3.37. The molecule has 0 radical (unpaired) electrons. The Bertz CT molecular complexity index is 614. The highest BCUT2D eigenvalue weighted by Crippen LogP contribution is 2.28. The fourth-order valence-electron chi connectivity index (χ4n) is 2.91. The van der Waals surface area contributed by atoms with E-state index in [0.29, 0.717) is 13.0 Å². The smallest absolute Gasteiger partial charge is 0.315 e. The lowest BCUT2D eigenvalue weighted by atomic mass is 10.1. The number of hydrogen-bond donors (Lipinski definition) is 1. The number of piperidine rings is 1. The van der Waals surface area contributed by atoms with Gasteiger partial charge in [0.1, 0.15) is 6.04 Å². The number of anilines is 1. The van der Waals surface area contributed by atoms with Crippen molar-refractivity contribution in [3.05, 3.63) is 29.8 Å². The first kappa shape index (κ1) is 13.6. The Morgan fingerprint density at radius 3 is 2.81 bits per heavy atom. The molecule has 4 amide bonds. The van der Waals surface area contributed by atoms with Gasteiger partial charge >= 0.3 is 6.03 Å². The largest absolute Gasteiger partial charge is 0.324 e. The van der Waals surface area contributed by atoms with Gasteiger partial charge < -0.3 is 4.90 Å². The monoisotopic (exact) mass is 287 g/mol.